The molecule has 94 valence electrons. The predicted molar refractivity (Wildman–Crippen MR) is 77.6 cm³/mol. The van der Waals surface area contributed by atoms with Crippen LogP contribution in [0.2, 0.25) is 0 Å². The number of thiophene rings is 1. The van der Waals surface area contributed by atoms with Crippen LogP contribution in [0.25, 0.3) is 0 Å². The third-order valence-electron chi connectivity index (χ3n) is 2.63. The molecule has 0 fully saturated rings. The molecule has 0 saturated carbocycles. The van der Waals surface area contributed by atoms with Crippen molar-refractivity contribution in [1.29, 1.82) is 0 Å². The van der Waals surface area contributed by atoms with Crippen LogP contribution in [0.5, 0.6) is 5.75 Å². The normalized spacial score (nSPS) is 10.4. The summed E-state index contributed by atoms with van der Waals surface area (Å²) < 4.78 is 6.15. The van der Waals surface area contributed by atoms with E-state index in [2.05, 4.69) is 15.9 Å². The Hall–Kier alpha value is -1.33. The van der Waals surface area contributed by atoms with Crippen molar-refractivity contribution in [2.24, 2.45) is 0 Å². The minimum Gasteiger partial charge on any atom is -0.494 e. The van der Waals surface area contributed by atoms with Crippen molar-refractivity contribution in [2.75, 3.05) is 12.8 Å². The minimum atomic E-state index is -0.0707. The molecule has 1 aromatic carbocycles. The van der Waals surface area contributed by atoms with Gasteiger partial charge in [-0.05, 0) is 41.1 Å². The first-order chi connectivity index (χ1) is 8.54. The van der Waals surface area contributed by atoms with Gasteiger partial charge < -0.3 is 10.5 Å². The predicted octanol–water partition coefficient (Wildman–Crippen LogP) is 3.64. The molecule has 0 amide bonds. The highest BCUT2D eigenvalue weighted by Gasteiger charge is 2.19. The summed E-state index contributed by atoms with van der Waals surface area (Å²) in [5.41, 5.74) is 7.44. The SMILES string of the molecule is COc1c(N)cccc1C(=O)c1cc(Br)sc1C. The fraction of sp³-hybridized carbons (Fsp3) is 0.154. The Morgan fingerprint density at radius 1 is 1.39 bits per heavy atom. The zero-order valence-corrected chi connectivity index (χ0v) is 12.4. The Kier molecular flexibility index (Phi) is 3.73. The Morgan fingerprint density at radius 3 is 2.67 bits per heavy atom. The number of methoxy groups -OCH3 is 1. The fourth-order valence-electron chi connectivity index (χ4n) is 1.78. The number of anilines is 1. The van der Waals surface area contributed by atoms with Gasteiger partial charge in [-0.1, -0.05) is 6.07 Å². The highest BCUT2D eigenvalue weighted by molar-refractivity contribution is 9.11. The zero-order chi connectivity index (χ0) is 13.3. The molecule has 1 heterocycles. The van der Waals surface area contributed by atoms with Gasteiger partial charge in [0.2, 0.25) is 0 Å². The highest BCUT2D eigenvalue weighted by Crippen LogP contribution is 2.32. The number of nitrogens with two attached hydrogens (primary N) is 1. The smallest absolute Gasteiger partial charge is 0.197 e. The van der Waals surface area contributed by atoms with E-state index in [0.29, 0.717) is 22.6 Å². The number of ketones is 1. The maximum atomic E-state index is 12.5. The van der Waals surface area contributed by atoms with Crippen molar-refractivity contribution < 1.29 is 9.53 Å². The molecule has 1 aromatic heterocycles. The molecule has 0 unspecified atom stereocenters. The summed E-state index contributed by atoms with van der Waals surface area (Å²) in [6, 6.07) is 7.02. The van der Waals surface area contributed by atoms with Crippen molar-refractivity contribution in [3.8, 4) is 5.75 Å². The molecule has 5 heteroatoms. The number of rotatable bonds is 3. The van der Waals surface area contributed by atoms with Crippen molar-refractivity contribution >= 4 is 38.7 Å². The largest absolute Gasteiger partial charge is 0.494 e. The van der Waals surface area contributed by atoms with Gasteiger partial charge in [-0.2, -0.15) is 0 Å². The maximum Gasteiger partial charge on any atom is 0.197 e. The van der Waals surface area contributed by atoms with Crippen molar-refractivity contribution in [3.63, 3.8) is 0 Å². The van der Waals surface area contributed by atoms with E-state index < -0.39 is 0 Å². The van der Waals surface area contributed by atoms with Crippen LogP contribution in [0.1, 0.15) is 20.8 Å². The number of halogens is 1. The molecule has 2 aromatic rings. The van der Waals surface area contributed by atoms with Crippen LogP contribution in [0.3, 0.4) is 0 Å². The molecule has 0 radical (unpaired) electrons. The monoisotopic (exact) mass is 325 g/mol. The van der Waals surface area contributed by atoms with Crippen LogP contribution in [0.15, 0.2) is 28.1 Å². The van der Waals surface area contributed by atoms with Crippen molar-refractivity contribution in [1.82, 2.24) is 0 Å². The molecule has 2 N–H and O–H groups in total. The summed E-state index contributed by atoms with van der Waals surface area (Å²) in [6.07, 6.45) is 0. The van der Waals surface area contributed by atoms with Crippen LogP contribution in [0.4, 0.5) is 5.69 Å². The third kappa shape index (κ3) is 2.28. The van der Waals surface area contributed by atoms with Gasteiger partial charge in [0, 0.05) is 10.4 Å². The molecule has 2 rings (SSSR count). The second kappa shape index (κ2) is 5.12. The lowest BCUT2D eigenvalue weighted by Gasteiger charge is -2.09. The number of benzene rings is 1. The number of nitrogen functional groups attached to an aromatic ring is 1. The second-order valence-electron chi connectivity index (χ2n) is 3.78. The van der Waals surface area contributed by atoms with E-state index in [-0.39, 0.29) is 5.78 Å². The Bertz CT molecular complexity index is 607. The Morgan fingerprint density at radius 2 is 2.11 bits per heavy atom. The van der Waals surface area contributed by atoms with Gasteiger partial charge >= 0.3 is 0 Å². The van der Waals surface area contributed by atoms with Gasteiger partial charge in [-0.25, -0.2) is 0 Å². The number of hydrogen-bond acceptors (Lipinski definition) is 4. The molecule has 0 aliphatic rings. The maximum absolute atomic E-state index is 12.5. The van der Waals surface area contributed by atoms with Crippen molar-refractivity contribution in [3.05, 3.63) is 44.1 Å². The first-order valence-corrected chi connectivity index (χ1v) is 6.88. The van der Waals surface area contributed by atoms with Crippen LogP contribution >= 0.6 is 27.3 Å². The number of carbonyl (C=O) groups excluding carboxylic acids is 1. The summed E-state index contributed by atoms with van der Waals surface area (Å²) in [6.45, 7) is 1.92. The van der Waals surface area contributed by atoms with Gasteiger partial charge in [0.1, 0.15) is 0 Å². The Labute approximate surface area is 118 Å². The highest BCUT2D eigenvalue weighted by atomic mass is 79.9. The van der Waals surface area contributed by atoms with Gasteiger partial charge in [0.15, 0.2) is 11.5 Å². The molecule has 3 nitrogen and oxygen atoms in total. The summed E-state index contributed by atoms with van der Waals surface area (Å²) >= 11 is 4.92. The first kappa shape index (κ1) is 13.1. The molecular weight excluding hydrogens is 314 g/mol. The molecule has 0 saturated heterocycles. The molecule has 0 spiro atoms. The van der Waals surface area contributed by atoms with E-state index in [1.165, 1.54) is 18.4 Å². The van der Waals surface area contributed by atoms with Crippen LogP contribution in [-0.2, 0) is 0 Å². The third-order valence-corrected chi connectivity index (χ3v) is 4.18. The minimum absolute atomic E-state index is 0.0707. The van der Waals surface area contributed by atoms with E-state index >= 15 is 0 Å². The van der Waals surface area contributed by atoms with Gasteiger partial charge in [-0.3, -0.25) is 4.79 Å². The molecular formula is C13H12BrNO2S. The first-order valence-electron chi connectivity index (χ1n) is 5.27. The second-order valence-corrected chi connectivity index (χ2v) is 6.41. The van der Waals surface area contributed by atoms with Crippen LogP contribution < -0.4 is 10.5 Å². The fourth-order valence-corrected chi connectivity index (χ4v) is 3.47. The van der Waals surface area contributed by atoms with E-state index in [4.69, 9.17) is 10.5 Å². The van der Waals surface area contributed by atoms with Gasteiger partial charge in [-0.15, -0.1) is 11.3 Å². The van der Waals surface area contributed by atoms with Gasteiger partial charge in [0.05, 0.1) is 22.1 Å². The van der Waals surface area contributed by atoms with E-state index in [0.717, 1.165) is 8.66 Å². The molecule has 18 heavy (non-hydrogen) atoms. The number of aryl methyl sites for hydroxylation is 1. The average molecular weight is 326 g/mol. The number of hydrogen-bond donors (Lipinski definition) is 1. The summed E-state index contributed by atoms with van der Waals surface area (Å²) in [4.78, 5) is 13.4. The summed E-state index contributed by atoms with van der Waals surface area (Å²) in [5.74, 6) is 0.364. The van der Waals surface area contributed by atoms with E-state index in [1.54, 1.807) is 18.2 Å². The lowest BCUT2D eigenvalue weighted by Crippen LogP contribution is -2.06. The quantitative estimate of drug-likeness (QED) is 0.692. The van der Waals surface area contributed by atoms with E-state index in [1.807, 2.05) is 13.0 Å². The van der Waals surface area contributed by atoms with Crippen molar-refractivity contribution in [2.45, 2.75) is 6.92 Å². The summed E-state index contributed by atoms with van der Waals surface area (Å²) in [7, 11) is 1.51. The van der Waals surface area contributed by atoms with Crippen LogP contribution in [-0.4, -0.2) is 12.9 Å². The number of carbonyl (C=O) groups is 1. The summed E-state index contributed by atoms with van der Waals surface area (Å²) in [5, 5.41) is 0. The molecule has 0 atom stereocenters. The Balaban J connectivity index is 2.53. The van der Waals surface area contributed by atoms with E-state index in [9.17, 15) is 4.79 Å². The molecule has 0 bridgehead atoms. The lowest BCUT2D eigenvalue weighted by atomic mass is 10.0. The molecule has 0 aliphatic carbocycles. The van der Waals surface area contributed by atoms with Crippen LogP contribution in [0, 0.1) is 6.92 Å². The number of ether oxygens (including phenoxy) is 1. The standard InChI is InChI=1S/C13H12BrNO2S/c1-7-9(6-11(14)18-7)12(16)8-4-3-5-10(15)13(8)17-2/h3-6H,15H2,1-2H3. The number of para-hydroxylation sites is 1. The average Bonchev–Trinajstić information content (AvgIpc) is 2.67. The van der Waals surface area contributed by atoms with Gasteiger partial charge in [0.25, 0.3) is 0 Å². The zero-order valence-electron chi connectivity index (χ0n) is 9.99. The lowest BCUT2D eigenvalue weighted by molar-refractivity contribution is 0.103. The molecule has 0 aliphatic heterocycles. The topological polar surface area (TPSA) is 52.3 Å².